The average molecular weight is 334 g/mol. The maximum Gasteiger partial charge on any atom is 0.328 e. The second kappa shape index (κ2) is 7.11. The third-order valence-corrected chi connectivity index (χ3v) is 5.77. The molecule has 0 aromatic heterocycles. The van der Waals surface area contributed by atoms with Gasteiger partial charge in [0.1, 0.15) is 5.75 Å². The van der Waals surface area contributed by atoms with Crippen LogP contribution in [0.5, 0.6) is 5.75 Å². The van der Waals surface area contributed by atoms with Gasteiger partial charge < -0.3 is 9.84 Å². The third kappa shape index (κ3) is 3.78. The standard InChI is InChI=1S/C17H18O3S2/c1-12(10-16(18)19)8-9-13-11-17(21-2,22-3)20-15-7-5-4-6-14(13)15/h4-11H,1-3H3,(H,18,19). The van der Waals surface area contributed by atoms with Crippen molar-refractivity contribution in [3.05, 3.63) is 59.7 Å². The summed E-state index contributed by atoms with van der Waals surface area (Å²) >= 11 is 3.25. The third-order valence-electron chi connectivity index (χ3n) is 3.23. The van der Waals surface area contributed by atoms with Gasteiger partial charge in [-0.05, 0) is 42.7 Å². The summed E-state index contributed by atoms with van der Waals surface area (Å²) in [5, 5.41) is 8.79. The first-order valence-corrected chi connectivity index (χ1v) is 9.15. The summed E-state index contributed by atoms with van der Waals surface area (Å²) in [5.41, 5.74) is 2.74. The zero-order valence-electron chi connectivity index (χ0n) is 12.7. The van der Waals surface area contributed by atoms with Gasteiger partial charge in [-0.1, -0.05) is 30.4 Å². The van der Waals surface area contributed by atoms with Crippen molar-refractivity contribution in [2.24, 2.45) is 0 Å². The Morgan fingerprint density at radius 3 is 2.59 bits per heavy atom. The van der Waals surface area contributed by atoms with E-state index in [2.05, 4.69) is 6.08 Å². The quantitative estimate of drug-likeness (QED) is 0.490. The molecule has 2 rings (SSSR count). The Kier molecular flexibility index (Phi) is 5.42. The Bertz CT molecular complexity index is 656. The van der Waals surface area contributed by atoms with Crippen molar-refractivity contribution < 1.29 is 14.6 Å². The van der Waals surface area contributed by atoms with Gasteiger partial charge in [-0.15, -0.1) is 23.5 Å². The van der Waals surface area contributed by atoms with Gasteiger partial charge in [0.2, 0.25) is 4.27 Å². The maximum absolute atomic E-state index is 10.7. The van der Waals surface area contributed by atoms with Gasteiger partial charge in [0.05, 0.1) is 0 Å². The second-order valence-corrected chi connectivity index (χ2v) is 7.06. The zero-order valence-corrected chi connectivity index (χ0v) is 14.3. The summed E-state index contributed by atoms with van der Waals surface area (Å²) in [6, 6.07) is 7.88. The lowest BCUT2D eigenvalue weighted by Gasteiger charge is -2.33. The van der Waals surface area contributed by atoms with Crippen LogP contribution in [0, 0.1) is 0 Å². The minimum absolute atomic E-state index is 0.460. The molecule has 1 aromatic rings. The second-order valence-electron chi connectivity index (χ2n) is 4.77. The Balaban J connectivity index is 2.43. The van der Waals surface area contributed by atoms with E-state index in [9.17, 15) is 4.79 Å². The normalized spacial score (nSPS) is 16.9. The molecule has 0 saturated heterocycles. The summed E-state index contributed by atoms with van der Waals surface area (Å²) < 4.78 is 5.67. The Morgan fingerprint density at radius 1 is 1.27 bits per heavy atom. The molecule has 0 bridgehead atoms. The van der Waals surface area contributed by atoms with E-state index in [1.54, 1.807) is 30.4 Å². The number of allylic oxidation sites excluding steroid dienone is 4. The van der Waals surface area contributed by atoms with Gasteiger partial charge in [0.15, 0.2) is 0 Å². The van der Waals surface area contributed by atoms with Crippen LogP contribution >= 0.6 is 23.5 Å². The summed E-state index contributed by atoms with van der Waals surface area (Å²) in [4.78, 5) is 10.7. The minimum Gasteiger partial charge on any atom is -0.478 e. The average Bonchev–Trinajstić information content (AvgIpc) is 2.51. The highest BCUT2D eigenvalue weighted by molar-refractivity contribution is 8.17. The van der Waals surface area contributed by atoms with Crippen LogP contribution in [0.3, 0.4) is 0 Å². The van der Waals surface area contributed by atoms with Crippen LogP contribution in [-0.4, -0.2) is 27.9 Å². The summed E-state index contributed by atoms with van der Waals surface area (Å²) in [6.45, 7) is 1.77. The summed E-state index contributed by atoms with van der Waals surface area (Å²) in [7, 11) is 0. The van der Waals surface area contributed by atoms with Gasteiger partial charge in [-0.2, -0.15) is 0 Å². The lowest BCUT2D eigenvalue weighted by atomic mass is 10.0. The SMILES string of the molecule is CSC1(SC)C=C(C=CC(C)=CC(=O)O)c2ccccc2O1. The molecule has 0 spiro atoms. The number of thioether (sulfide) groups is 2. The van der Waals surface area contributed by atoms with E-state index < -0.39 is 10.2 Å². The number of aliphatic carboxylic acids is 1. The number of hydrogen-bond donors (Lipinski definition) is 1. The van der Waals surface area contributed by atoms with Gasteiger partial charge in [-0.25, -0.2) is 4.79 Å². The molecule has 0 unspecified atom stereocenters. The van der Waals surface area contributed by atoms with Crippen molar-refractivity contribution in [1.29, 1.82) is 0 Å². The first kappa shape index (κ1) is 16.8. The van der Waals surface area contributed by atoms with Gasteiger partial charge in [0.25, 0.3) is 0 Å². The molecule has 116 valence electrons. The van der Waals surface area contributed by atoms with E-state index in [0.717, 1.165) is 16.9 Å². The largest absolute Gasteiger partial charge is 0.478 e. The van der Waals surface area contributed by atoms with Crippen molar-refractivity contribution >= 4 is 35.1 Å². The molecule has 0 aliphatic carbocycles. The lowest BCUT2D eigenvalue weighted by Crippen LogP contribution is -2.28. The van der Waals surface area contributed by atoms with Crippen molar-refractivity contribution in [2.75, 3.05) is 12.5 Å². The van der Waals surface area contributed by atoms with Crippen molar-refractivity contribution in [2.45, 2.75) is 11.2 Å². The highest BCUT2D eigenvalue weighted by Crippen LogP contribution is 2.46. The first-order chi connectivity index (χ1) is 10.5. The Morgan fingerprint density at radius 2 is 1.95 bits per heavy atom. The van der Waals surface area contributed by atoms with Crippen molar-refractivity contribution in [3.8, 4) is 5.75 Å². The van der Waals surface area contributed by atoms with E-state index >= 15 is 0 Å². The highest BCUT2D eigenvalue weighted by Gasteiger charge is 2.33. The fraction of sp³-hybridized carbons (Fsp3) is 0.235. The maximum atomic E-state index is 10.7. The number of fused-ring (bicyclic) bond motifs is 1. The smallest absolute Gasteiger partial charge is 0.328 e. The number of carbonyl (C=O) groups is 1. The van der Waals surface area contributed by atoms with Gasteiger partial charge >= 0.3 is 5.97 Å². The Labute approximate surface area is 139 Å². The van der Waals surface area contributed by atoms with Crippen LogP contribution in [-0.2, 0) is 4.79 Å². The van der Waals surface area contributed by atoms with Gasteiger partial charge in [0, 0.05) is 11.6 Å². The minimum atomic E-state index is -0.939. The number of rotatable bonds is 5. The van der Waals surface area contributed by atoms with Crippen LogP contribution < -0.4 is 4.74 Å². The Hall–Kier alpha value is -1.59. The summed E-state index contributed by atoms with van der Waals surface area (Å²) in [5.74, 6) is -0.0979. The molecule has 1 N–H and O–H groups in total. The predicted octanol–water partition coefficient (Wildman–Crippen LogP) is 4.43. The molecule has 1 aliphatic heterocycles. The van der Waals surface area contributed by atoms with Gasteiger partial charge in [-0.3, -0.25) is 0 Å². The number of para-hydroxylation sites is 1. The van der Waals surface area contributed by atoms with E-state index in [1.165, 1.54) is 6.08 Å². The molecule has 22 heavy (non-hydrogen) atoms. The predicted molar refractivity (Wildman–Crippen MR) is 95.3 cm³/mol. The first-order valence-electron chi connectivity index (χ1n) is 6.70. The van der Waals surface area contributed by atoms with E-state index in [-0.39, 0.29) is 0 Å². The van der Waals surface area contributed by atoms with Crippen molar-refractivity contribution in [3.63, 3.8) is 0 Å². The molecular formula is C17H18O3S2. The number of benzene rings is 1. The molecule has 0 atom stereocenters. The van der Waals surface area contributed by atoms with E-state index in [0.29, 0.717) is 5.57 Å². The lowest BCUT2D eigenvalue weighted by molar-refractivity contribution is -0.131. The molecule has 0 saturated carbocycles. The van der Waals surface area contributed by atoms with Crippen LogP contribution in [0.15, 0.2) is 54.1 Å². The number of ether oxygens (including phenoxy) is 1. The van der Waals surface area contributed by atoms with Crippen molar-refractivity contribution in [1.82, 2.24) is 0 Å². The fourth-order valence-corrected chi connectivity index (χ4v) is 3.63. The monoisotopic (exact) mass is 334 g/mol. The number of carboxylic acid groups (broad SMARTS) is 1. The van der Waals surface area contributed by atoms with Crippen LogP contribution in [0.2, 0.25) is 0 Å². The highest BCUT2D eigenvalue weighted by atomic mass is 32.2. The molecule has 5 heteroatoms. The number of hydrogen-bond acceptors (Lipinski definition) is 4. The molecule has 0 amide bonds. The molecule has 1 aliphatic rings. The van der Waals surface area contributed by atoms with E-state index in [4.69, 9.17) is 9.84 Å². The zero-order chi connectivity index (χ0) is 16.2. The molecule has 3 nitrogen and oxygen atoms in total. The van der Waals surface area contributed by atoms with E-state index in [1.807, 2.05) is 48.9 Å². The fourth-order valence-electron chi connectivity index (χ4n) is 2.13. The molecule has 0 radical (unpaired) electrons. The van der Waals surface area contributed by atoms with Crippen LogP contribution in [0.4, 0.5) is 0 Å². The molecular weight excluding hydrogens is 316 g/mol. The number of carboxylic acids is 1. The molecule has 1 heterocycles. The molecule has 1 aromatic carbocycles. The topological polar surface area (TPSA) is 46.5 Å². The molecule has 0 fully saturated rings. The van der Waals surface area contributed by atoms with Crippen LogP contribution in [0.1, 0.15) is 12.5 Å². The summed E-state index contributed by atoms with van der Waals surface area (Å²) in [6.07, 6.45) is 11.0. The van der Waals surface area contributed by atoms with Crippen LogP contribution in [0.25, 0.3) is 5.57 Å².